The Balaban J connectivity index is 1.53. The molecule has 1 aromatic carbocycles. The number of ether oxygens (including phenoxy) is 2. The second-order valence-electron chi connectivity index (χ2n) is 6.35. The summed E-state index contributed by atoms with van der Waals surface area (Å²) in [6, 6.07) is 8.58. The summed E-state index contributed by atoms with van der Waals surface area (Å²) < 4.78 is 12.3. The monoisotopic (exact) mass is 443 g/mol. The second-order valence-corrected chi connectivity index (χ2v) is 8.34. The summed E-state index contributed by atoms with van der Waals surface area (Å²) >= 11 is 5.48. The van der Waals surface area contributed by atoms with Gasteiger partial charge >= 0.3 is 0 Å². The molecule has 1 aromatic rings. The van der Waals surface area contributed by atoms with Crippen LogP contribution in [0.4, 0.5) is 0 Å². The number of aliphatic imine (C=N–C) groups is 1. The van der Waals surface area contributed by atoms with E-state index < -0.39 is 0 Å². The summed E-state index contributed by atoms with van der Waals surface area (Å²) in [6.45, 7) is 5.22. The Kier molecular flexibility index (Phi) is 10.4. The van der Waals surface area contributed by atoms with Crippen LogP contribution in [0.1, 0.15) is 26.2 Å². The largest absolute Gasteiger partial charge is 0.379 e. The molecular formula is C19H30BrN3O2S. The van der Waals surface area contributed by atoms with E-state index >= 15 is 0 Å². The highest BCUT2D eigenvalue weighted by molar-refractivity contribution is 9.10. The molecule has 0 amide bonds. The number of halogens is 1. The Morgan fingerprint density at radius 1 is 1.42 bits per heavy atom. The molecule has 26 heavy (non-hydrogen) atoms. The van der Waals surface area contributed by atoms with Gasteiger partial charge in [-0.1, -0.05) is 12.1 Å². The summed E-state index contributed by atoms with van der Waals surface area (Å²) in [5.41, 5.74) is 0. The van der Waals surface area contributed by atoms with E-state index in [1.165, 1.54) is 9.37 Å². The van der Waals surface area contributed by atoms with Crippen molar-refractivity contribution in [2.75, 3.05) is 39.2 Å². The van der Waals surface area contributed by atoms with E-state index in [1.807, 2.05) is 17.8 Å². The third kappa shape index (κ3) is 8.29. The van der Waals surface area contributed by atoms with Crippen LogP contribution in [-0.2, 0) is 9.47 Å². The predicted molar refractivity (Wildman–Crippen MR) is 113 cm³/mol. The van der Waals surface area contributed by atoms with Crippen molar-refractivity contribution in [3.05, 3.63) is 28.7 Å². The highest BCUT2D eigenvalue weighted by atomic mass is 79.9. The predicted octanol–water partition coefficient (Wildman–Crippen LogP) is 3.68. The number of nitrogens with one attached hydrogen (secondary N) is 2. The molecule has 2 N–H and O–H groups in total. The molecule has 2 atom stereocenters. The summed E-state index contributed by atoms with van der Waals surface area (Å²) in [5.74, 6) is 1.95. The number of hydrogen-bond donors (Lipinski definition) is 2. The first kappa shape index (κ1) is 21.5. The zero-order valence-corrected chi connectivity index (χ0v) is 18.1. The van der Waals surface area contributed by atoms with Gasteiger partial charge in [-0.15, -0.1) is 11.8 Å². The lowest BCUT2D eigenvalue weighted by molar-refractivity contribution is 0.0347. The minimum Gasteiger partial charge on any atom is -0.379 e. The maximum Gasteiger partial charge on any atom is 0.191 e. The van der Waals surface area contributed by atoms with Crippen LogP contribution in [0.15, 0.2) is 38.6 Å². The third-order valence-corrected chi connectivity index (χ3v) is 6.15. The van der Waals surface area contributed by atoms with E-state index in [0.29, 0.717) is 6.61 Å². The molecule has 146 valence electrons. The highest BCUT2D eigenvalue weighted by Crippen LogP contribution is 2.27. The fourth-order valence-corrected chi connectivity index (χ4v) is 4.15. The molecule has 0 aromatic heterocycles. The van der Waals surface area contributed by atoms with Gasteiger partial charge in [0.15, 0.2) is 5.96 Å². The average Bonchev–Trinajstić information content (AvgIpc) is 3.16. The fraction of sp³-hybridized carbons (Fsp3) is 0.632. The van der Waals surface area contributed by atoms with Gasteiger partial charge in [-0.05, 0) is 60.0 Å². The Bertz CT molecular complexity index is 553. The maximum atomic E-state index is 5.84. The van der Waals surface area contributed by atoms with Gasteiger partial charge in [0.2, 0.25) is 0 Å². The topological polar surface area (TPSA) is 54.9 Å². The minimum absolute atomic E-state index is 0.216. The molecular weight excluding hydrogens is 414 g/mol. The zero-order valence-electron chi connectivity index (χ0n) is 15.7. The fourth-order valence-electron chi connectivity index (χ4n) is 2.57. The Morgan fingerprint density at radius 2 is 2.27 bits per heavy atom. The molecule has 5 nitrogen and oxygen atoms in total. The average molecular weight is 444 g/mol. The van der Waals surface area contributed by atoms with Crippen LogP contribution in [0.25, 0.3) is 0 Å². The molecule has 0 bridgehead atoms. The van der Waals surface area contributed by atoms with Gasteiger partial charge in [-0.3, -0.25) is 4.99 Å². The summed E-state index contributed by atoms with van der Waals surface area (Å²) in [7, 11) is 1.80. The van der Waals surface area contributed by atoms with Crippen molar-refractivity contribution in [1.82, 2.24) is 10.6 Å². The number of benzene rings is 1. The van der Waals surface area contributed by atoms with Crippen LogP contribution in [0, 0.1) is 0 Å². The Morgan fingerprint density at radius 3 is 3.00 bits per heavy atom. The Hall–Kier alpha value is -0.760. The van der Waals surface area contributed by atoms with Gasteiger partial charge in [0.1, 0.15) is 0 Å². The van der Waals surface area contributed by atoms with Crippen molar-refractivity contribution in [1.29, 1.82) is 0 Å². The first-order valence-electron chi connectivity index (χ1n) is 9.23. The first-order chi connectivity index (χ1) is 12.7. The summed E-state index contributed by atoms with van der Waals surface area (Å²) in [4.78, 5) is 5.59. The highest BCUT2D eigenvalue weighted by Gasteiger charge is 2.17. The van der Waals surface area contributed by atoms with Crippen LogP contribution in [-0.4, -0.2) is 57.3 Å². The van der Waals surface area contributed by atoms with Gasteiger partial charge in [-0.25, -0.2) is 0 Å². The Labute approximate surface area is 169 Å². The van der Waals surface area contributed by atoms with E-state index in [-0.39, 0.29) is 12.1 Å². The minimum atomic E-state index is 0.216. The lowest BCUT2D eigenvalue weighted by Crippen LogP contribution is -2.44. The van der Waals surface area contributed by atoms with Crippen LogP contribution in [0.3, 0.4) is 0 Å². The number of rotatable bonds is 10. The van der Waals surface area contributed by atoms with Crippen LogP contribution < -0.4 is 10.6 Å². The molecule has 1 heterocycles. The SMILES string of the molecule is CN=C(NCCCCSc1ccccc1Br)NC(C)COC1CCOC1. The lowest BCUT2D eigenvalue weighted by Gasteiger charge is -2.19. The molecule has 0 radical (unpaired) electrons. The van der Waals surface area contributed by atoms with E-state index in [9.17, 15) is 0 Å². The normalized spacial score (nSPS) is 18.7. The van der Waals surface area contributed by atoms with Crippen LogP contribution in [0.2, 0.25) is 0 Å². The van der Waals surface area contributed by atoms with Crippen molar-refractivity contribution in [3.8, 4) is 0 Å². The molecule has 1 aliphatic heterocycles. The molecule has 0 saturated carbocycles. The van der Waals surface area contributed by atoms with Gasteiger partial charge < -0.3 is 20.1 Å². The van der Waals surface area contributed by atoms with E-state index in [2.05, 4.69) is 56.7 Å². The van der Waals surface area contributed by atoms with E-state index in [4.69, 9.17) is 9.47 Å². The zero-order chi connectivity index (χ0) is 18.6. The number of guanidine groups is 1. The third-order valence-electron chi connectivity index (χ3n) is 4.03. The molecule has 1 fully saturated rings. The number of nitrogens with zero attached hydrogens (tertiary/aromatic N) is 1. The van der Waals surface area contributed by atoms with Gasteiger partial charge in [0, 0.05) is 35.6 Å². The standard InChI is InChI=1S/C19H30BrN3O2S/c1-15(13-25-16-9-11-24-14-16)23-19(21-2)22-10-5-6-12-26-18-8-4-3-7-17(18)20/h3-4,7-8,15-16H,5-6,9-14H2,1-2H3,(H2,21,22,23). The van der Waals surface area contributed by atoms with Crippen molar-refractivity contribution in [2.45, 2.75) is 43.2 Å². The number of thioether (sulfide) groups is 1. The molecule has 1 aliphatic rings. The number of unbranched alkanes of at least 4 members (excludes halogenated alkanes) is 1. The van der Waals surface area contributed by atoms with Gasteiger partial charge in [0.05, 0.1) is 19.3 Å². The summed E-state index contributed by atoms with van der Waals surface area (Å²) in [6.07, 6.45) is 3.52. The maximum absolute atomic E-state index is 5.84. The quantitative estimate of drug-likeness (QED) is 0.250. The second kappa shape index (κ2) is 12.6. The van der Waals surface area contributed by atoms with E-state index in [0.717, 1.165) is 50.7 Å². The van der Waals surface area contributed by atoms with Crippen molar-refractivity contribution < 1.29 is 9.47 Å². The molecule has 1 saturated heterocycles. The van der Waals surface area contributed by atoms with Crippen molar-refractivity contribution in [3.63, 3.8) is 0 Å². The molecule has 7 heteroatoms. The molecule has 2 unspecified atom stereocenters. The summed E-state index contributed by atoms with van der Waals surface area (Å²) in [5, 5.41) is 6.75. The smallest absolute Gasteiger partial charge is 0.191 e. The van der Waals surface area contributed by atoms with E-state index in [1.54, 1.807) is 7.05 Å². The van der Waals surface area contributed by atoms with Gasteiger partial charge in [0.25, 0.3) is 0 Å². The molecule has 2 rings (SSSR count). The van der Waals surface area contributed by atoms with Crippen LogP contribution in [0.5, 0.6) is 0 Å². The lowest BCUT2D eigenvalue weighted by atomic mass is 10.3. The molecule has 0 aliphatic carbocycles. The first-order valence-corrected chi connectivity index (χ1v) is 11.0. The van der Waals surface area contributed by atoms with Crippen molar-refractivity contribution in [2.24, 2.45) is 4.99 Å². The van der Waals surface area contributed by atoms with Crippen molar-refractivity contribution >= 4 is 33.7 Å². The number of hydrogen-bond acceptors (Lipinski definition) is 4. The van der Waals surface area contributed by atoms with Crippen LogP contribution >= 0.6 is 27.7 Å². The molecule has 0 spiro atoms. The van der Waals surface area contributed by atoms with Gasteiger partial charge in [-0.2, -0.15) is 0 Å².